The van der Waals surface area contributed by atoms with Gasteiger partial charge in [-0.3, -0.25) is 9.59 Å². The quantitative estimate of drug-likeness (QED) is 0.889. The average Bonchev–Trinajstić information content (AvgIpc) is 3.09. The number of amides is 2. The van der Waals surface area contributed by atoms with Crippen LogP contribution in [-0.2, 0) is 9.59 Å². The first-order valence-electron chi connectivity index (χ1n) is 8.39. The van der Waals surface area contributed by atoms with E-state index in [0.29, 0.717) is 12.2 Å². The van der Waals surface area contributed by atoms with Crippen molar-refractivity contribution >= 4 is 23.6 Å². The van der Waals surface area contributed by atoms with E-state index in [1.165, 1.54) is 0 Å². The Labute approximate surface area is 147 Å². The molecule has 0 saturated carbocycles. The monoisotopic (exact) mass is 348 g/mol. The molecule has 2 aliphatic heterocycles. The summed E-state index contributed by atoms with van der Waals surface area (Å²) in [5, 5.41) is 3.12. The van der Waals surface area contributed by atoms with Gasteiger partial charge in [-0.2, -0.15) is 0 Å². The van der Waals surface area contributed by atoms with E-state index in [1.54, 1.807) is 23.8 Å². The Balaban J connectivity index is 1.77. The normalized spacial score (nSPS) is 27.0. The van der Waals surface area contributed by atoms with Crippen LogP contribution in [0.2, 0.25) is 0 Å². The van der Waals surface area contributed by atoms with Crippen LogP contribution in [0.3, 0.4) is 0 Å². The zero-order valence-electron chi connectivity index (χ0n) is 14.4. The maximum atomic E-state index is 12.9. The van der Waals surface area contributed by atoms with Crippen LogP contribution in [0.15, 0.2) is 24.3 Å². The molecule has 0 spiro atoms. The minimum Gasteiger partial charge on any atom is -0.496 e. The van der Waals surface area contributed by atoms with Crippen molar-refractivity contribution in [2.45, 2.75) is 50.1 Å². The molecule has 0 aliphatic carbocycles. The third kappa shape index (κ3) is 2.88. The Hall–Kier alpha value is -1.69. The van der Waals surface area contributed by atoms with Crippen LogP contribution in [0.1, 0.15) is 44.7 Å². The lowest BCUT2D eigenvalue weighted by atomic mass is 10.0. The molecule has 0 bridgehead atoms. The standard InChI is InChI=1S/C18H24N2O3S/c1-4-13(12-7-5-6-8-15(12)23-3)19-17(22)14-11-24-18(2)10-9-16(21)20(14)18/h5-8,13-14H,4,9-11H2,1-3H3,(H,19,22)/t13-,14+,18-/m0/s1. The van der Waals surface area contributed by atoms with Crippen molar-refractivity contribution < 1.29 is 14.3 Å². The molecule has 1 aromatic carbocycles. The zero-order chi connectivity index (χ0) is 17.3. The average molecular weight is 348 g/mol. The van der Waals surface area contributed by atoms with Gasteiger partial charge in [-0.05, 0) is 25.8 Å². The Morgan fingerprint density at radius 2 is 2.25 bits per heavy atom. The van der Waals surface area contributed by atoms with Crippen molar-refractivity contribution in [1.82, 2.24) is 10.2 Å². The second-order valence-corrected chi connectivity index (χ2v) is 7.98. The Morgan fingerprint density at radius 3 is 2.96 bits per heavy atom. The maximum absolute atomic E-state index is 12.9. The summed E-state index contributed by atoms with van der Waals surface area (Å²) in [6.45, 7) is 4.10. The third-order valence-corrected chi connectivity index (χ3v) is 6.49. The smallest absolute Gasteiger partial charge is 0.244 e. The Morgan fingerprint density at radius 1 is 1.50 bits per heavy atom. The number of hydrogen-bond acceptors (Lipinski definition) is 4. The Bertz CT molecular complexity index is 651. The largest absolute Gasteiger partial charge is 0.496 e. The first-order valence-corrected chi connectivity index (χ1v) is 9.38. The van der Waals surface area contributed by atoms with Gasteiger partial charge >= 0.3 is 0 Å². The minimum absolute atomic E-state index is 0.0702. The van der Waals surface area contributed by atoms with E-state index in [-0.39, 0.29) is 28.8 Å². The van der Waals surface area contributed by atoms with Crippen LogP contribution in [-0.4, -0.2) is 40.5 Å². The van der Waals surface area contributed by atoms with Crippen molar-refractivity contribution in [3.8, 4) is 5.75 Å². The van der Waals surface area contributed by atoms with E-state index >= 15 is 0 Å². The van der Waals surface area contributed by atoms with Gasteiger partial charge in [0.25, 0.3) is 0 Å². The van der Waals surface area contributed by atoms with Crippen LogP contribution in [0.5, 0.6) is 5.75 Å². The van der Waals surface area contributed by atoms with Gasteiger partial charge in [0.15, 0.2) is 0 Å². The highest BCUT2D eigenvalue weighted by atomic mass is 32.2. The molecule has 1 aromatic rings. The Kier molecular flexibility index (Phi) is 4.76. The fourth-order valence-electron chi connectivity index (χ4n) is 3.64. The third-order valence-electron chi connectivity index (χ3n) is 4.99. The van der Waals surface area contributed by atoms with Crippen LogP contribution in [0.4, 0.5) is 0 Å². The van der Waals surface area contributed by atoms with Crippen molar-refractivity contribution in [3.63, 3.8) is 0 Å². The zero-order valence-corrected chi connectivity index (χ0v) is 15.2. The molecule has 0 aromatic heterocycles. The maximum Gasteiger partial charge on any atom is 0.244 e. The number of para-hydroxylation sites is 1. The van der Waals surface area contributed by atoms with Crippen molar-refractivity contribution in [2.75, 3.05) is 12.9 Å². The second kappa shape index (κ2) is 6.67. The predicted molar refractivity (Wildman–Crippen MR) is 94.9 cm³/mol. The van der Waals surface area contributed by atoms with Gasteiger partial charge in [-0.1, -0.05) is 25.1 Å². The van der Waals surface area contributed by atoms with Gasteiger partial charge in [-0.25, -0.2) is 0 Å². The molecule has 6 heteroatoms. The number of carbonyl (C=O) groups excluding carboxylic acids is 2. The van der Waals surface area contributed by atoms with Gasteiger partial charge in [0, 0.05) is 17.7 Å². The lowest BCUT2D eigenvalue weighted by Crippen LogP contribution is -2.50. The number of methoxy groups -OCH3 is 1. The summed E-state index contributed by atoms with van der Waals surface area (Å²) in [7, 11) is 1.63. The number of thioether (sulfide) groups is 1. The molecule has 5 nitrogen and oxygen atoms in total. The number of nitrogens with zero attached hydrogens (tertiary/aromatic N) is 1. The van der Waals surface area contributed by atoms with Crippen LogP contribution >= 0.6 is 11.8 Å². The van der Waals surface area contributed by atoms with Crippen molar-refractivity contribution in [3.05, 3.63) is 29.8 Å². The number of hydrogen-bond donors (Lipinski definition) is 1. The van der Waals surface area contributed by atoms with E-state index in [1.807, 2.05) is 31.2 Å². The molecular formula is C18H24N2O3S. The minimum atomic E-state index is -0.376. The summed E-state index contributed by atoms with van der Waals surface area (Å²) in [5.74, 6) is 1.45. The van der Waals surface area contributed by atoms with Crippen LogP contribution in [0.25, 0.3) is 0 Å². The molecule has 0 unspecified atom stereocenters. The number of benzene rings is 1. The van der Waals surface area contributed by atoms with Crippen molar-refractivity contribution in [2.24, 2.45) is 0 Å². The number of nitrogens with one attached hydrogen (secondary N) is 1. The summed E-state index contributed by atoms with van der Waals surface area (Å²) in [6, 6.07) is 7.23. The highest BCUT2D eigenvalue weighted by Crippen LogP contribution is 2.47. The molecule has 3 atom stereocenters. The van der Waals surface area contributed by atoms with Gasteiger partial charge in [0.1, 0.15) is 11.8 Å². The molecule has 24 heavy (non-hydrogen) atoms. The molecule has 0 radical (unpaired) electrons. The summed E-state index contributed by atoms with van der Waals surface area (Å²) >= 11 is 1.71. The highest BCUT2D eigenvalue weighted by molar-refractivity contribution is 8.01. The highest BCUT2D eigenvalue weighted by Gasteiger charge is 2.53. The van der Waals surface area contributed by atoms with Crippen LogP contribution in [0, 0.1) is 0 Å². The van der Waals surface area contributed by atoms with Crippen LogP contribution < -0.4 is 10.1 Å². The SMILES string of the molecule is CC[C@H](NC(=O)[C@H]1CS[C@@]2(C)CCC(=O)N12)c1ccccc1OC. The first kappa shape index (κ1) is 17.1. The van der Waals surface area contributed by atoms with Gasteiger partial charge in [0.2, 0.25) is 11.8 Å². The number of carbonyl (C=O) groups is 2. The van der Waals surface area contributed by atoms with E-state index in [2.05, 4.69) is 12.2 Å². The summed E-state index contributed by atoms with van der Waals surface area (Å²) in [6.07, 6.45) is 2.12. The molecule has 2 amide bonds. The second-order valence-electron chi connectivity index (χ2n) is 6.48. The summed E-state index contributed by atoms with van der Waals surface area (Å²) < 4.78 is 5.42. The molecule has 2 fully saturated rings. The summed E-state index contributed by atoms with van der Waals surface area (Å²) in [4.78, 5) is 26.6. The van der Waals surface area contributed by atoms with E-state index in [0.717, 1.165) is 24.2 Å². The summed E-state index contributed by atoms with van der Waals surface area (Å²) in [5.41, 5.74) is 0.969. The van der Waals surface area contributed by atoms with E-state index in [4.69, 9.17) is 4.74 Å². The van der Waals surface area contributed by atoms with Gasteiger partial charge < -0.3 is 15.0 Å². The van der Waals surface area contributed by atoms with Gasteiger partial charge in [-0.15, -0.1) is 11.8 Å². The molecule has 3 rings (SSSR count). The fourth-order valence-corrected chi connectivity index (χ4v) is 5.07. The molecule has 1 N–H and O–H groups in total. The first-order chi connectivity index (χ1) is 11.5. The van der Waals surface area contributed by atoms with Crippen molar-refractivity contribution in [1.29, 1.82) is 0 Å². The molecular weight excluding hydrogens is 324 g/mol. The molecule has 2 aliphatic rings. The number of fused-ring (bicyclic) bond motifs is 1. The van der Waals surface area contributed by atoms with E-state index in [9.17, 15) is 9.59 Å². The molecule has 2 saturated heterocycles. The predicted octanol–water partition coefficient (Wildman–Crippen LogP) is 2.72. The number of ether oxygens (including phenoxy) is 1. The van der Waals surface area contributed by atoms with E-state index < -0.39 is 0 Å². The topological polar surface area (TPSA) is 58.6 Å². The lowest BCUT2D eigenvalue weighted by Gasteiger charge is -2.31. The fraction of sp³-hybridized carbons (Fsp3) is 0.556. The molecule has 2 heterocycles. The lowest BCUT2D eigenvalue weighted by molar-refractivity contribution is -0.138. The number of rotatable bonds is 5. The molecule has 130 valence electrons. The van der Waals surface area contributed by atoms with Gasteiger partial charge in [0.05, 0.1) is 18.0 Å².